The monoisotopic (exact) mass is 314 g/mol. The molecule has 21 heavy (non-hydrogen) atoms. The van der Waals surface area contributed by atoms with Crippen LogP contribution in [0.5, 0.6) is 5.88 Å². The molecule has 0 bridgehead atoms. The zero-order valence-electron chi connectivity index (χ0n) is 12.1. The van der Waals surface area contributed by atoms with Crippen molar-refractivity contribution in [1.29, 1.82) is 0 Å². The van der Waals surface area contributed by atoms with E-state index in [4.69, 9.17) is 21.4 Å². The van der Waals surface area contributed by atoms with E-state index in [-0.39, 0.29) is 23.0 Å². The fraction of sp³-hybridized carbons (Fsp3) is 0.500. The Kier molecular flexibility index (Phi) is 6.94. The molecule has 0 aromatic carbocycles. The number of carbonyl (C=O) groups excluding carboxylic acids is 1. The van der Waals surface area contributed by atoms with Gasteiger partial charge in [-0.05, 0) is 19.4 Å². The molecule has 0 aliphatic rings. The summed E-state index contributed by atoms with van der Waals surface area (Å²) in [5, 5.41) is 11.9. The molecule has 1 amide bonds. The van der Waals surface area contributed by atoms with Crippen LogP contribution in [0.1, 0.15) is 37.0 Å². The van der Waals surface area contributed by atoms with Gasteiger partial charge in [-0.1, -0.05) is 24.9 Å². The van der Waals surface area contributed by atoms with Crippen LogP contribution in [0.25, 0.3) is 0 Å². The first-order valence-electron chi connectivity index (χ1n) is 6.78. The lowest BCUT2D eigenvalue weighted by Crippen LogP contribution is -2.33. The molecule has 0 fully saturated rings. The Bertz CT molecular complexity index is 508. The summed E-state index contributed by atoms with van der Waals surface area (Å²) < 4.78 is 5.18. The van der Waals surface area contributed by atoms with Gasteiger partial charge in [0, 0.05) is 12.7 Å². The Labute approximate surface area is 128 Å². The number of aliphatic carboxylic acids is 1. The van der Waals surface area contributed by atoms with Gasteiger partial charge in [0.05, 0.1) is 18.1 Å². The highest BCUT2D eigenvalue weighted by atomic mass is 35.5. The van der Waals surface area contributed by atoms with E-state index >= 15 is 0 Å². The van der Waals surface area contributed by atoms with Gasteiger partial charge in [0.15, 0.2) is 0 Å². The smallest absolute Gasteiger partial charge is 0.308 e. The van der Waals surface area contributed by atoms with Crippen LogP contribution >= 0.6 is 11.6 Å². The van der Waals surface area contributed by atoms with E-state index < -0.39 is 17.8 Å². The number of pyridine rings is 1. The van der Waals surface area contributed by atoms with Crippen molar-refractivity contribution in [2.45, 2.75) is 26.7 Å². The lowest BCUT2D eigenvalue weighted by atomic mass is 10.0. The van der Waals surface area contributed by atoms with E-state index in [9.17, 15) is 9.59 Å². The number of nitrogens with one attached hydrogen (secondary N) is 1. The molecule has 0 radical (unpaired) electrons. The maximum Gasteiger partial charge on any atom is 0.308 e. The summed E-state index contributed by atoms with van der Waals surface area (Å²) >= 11 is 5.95. The van der Waals surface area contributed by atoms with Crippen molar-refractivity contribution in [2.75, 3.05) is 13.2 Å². The van der Waals surface area contributed by atoms with E-state index in [2.05, 4.69) is 10.3 Å². The molecule has 7 heteroatoms. The van der Waals surface area contributed by atoms with Gasteiger partial charge >= 0.3 is 5.97 Å². The second-order valence-electron chi connectivity index (χ2n) is 4.48. The van der Waals surface area contributed by atoms with Crippen LogP contribution < -0.4 is 10.1 Å². The van der Waals surface area contributed by atoms with Crippen molar-refractivity contribution in [1.82, 2.24) is 10.3 Å². The molecule has 1 atom stereocenters. The van der Waals surface area contributed by atoms with Crippen LogP contribution in [0.2, 0.25) is 5.02 Å². The minimum Gasteiger partial charge on any atom is -0.481 e. The molecule has 0 saturated carbocycles. The second-order valence-corrected chi connectivity index (χ2v) is 4.89. The topological polar surface area (TPSA) is 88.5 Å². The molecule has 116 valence electrons. The SMILES string of the molecule is CCCC(CNC(=O)c1cnc(OCC)c(Cl)c1)C(=O)O. The number of rotatable bonds is 8. The predicted octanol–water partition coefficient (Wildman–Crippen LogP) is 2.36. The largest absolute Gasteiger partial charge is 0.481 e. The van der Waals surface area contributed by atoms with Gasteiger partial charge in [0.2, 0.25) is 5.88 Å². The van der Waals surface area contributed by atoms with Gasteiger partial charge in [-0.15, -0.1) is 0 Å². The zero-order chi connectivity index (χ0) is 15.8. The molecule has 6 nitrogen and oxygen atoms in total. The van der Waals surface area contributed by atoms with E-state index in [1.807, 2.05) is 6.92 Å². The maximum absolute atomic E-state index is 12.0. The van der Waals surface area contributed by atoms with Crippen molar-refractivity contribution >= 4 is 23.5 Å². The van der Waals surface area contributed by atoms with Gasteiger partial charge in [0.1, 0.15) is 5.02 Å². The lowest BCUT2D eigenvalue weighted by molar-refractivity contribution is -0.141. The Morgan fingerprint density at radius 1 is 1.48 bits per heavy atom. The minimum absolute atomic E-state index is 0.0762. The van der Waals surface area contributed by atoms with E-state index in [1.54, 1.807) is 6.92 Å². The van der Waals surface area contributed by atoms with Gasteiger partial charge in [-0.2, -0.15) is 0 Å². The average Bonchev–Trinajstić information content (AvgIpc) is 2.45. The van der Waals surface area contributed by atoms with Gasteiger partial charge in [-0.3, -0.25) is 9.59 Å². The predicted molar refractivity (Wildman–Crippen MR) is 78.8 cm³/mol. The Morgan fingerprint density at radius 3 is 2.71 bits per heavy atom. The first kappa shape index (κ1) is 17.2. The number of carboxylic acids is 1. The number of amides is 1. The van der Waals surface area contributed by atoms with Gasteiger partial charge in [-0.25, -0.2) is 4.98 Å². The fourth-order valence-corrected chi connectivity index (χ4v) is 1.99. The minimum atomic E-state index is -0.917. The van der Waals surface area contributed by atoms with E-state index in [0.717, 1.165) is 6.42 Å². The Balaban J connectivity index is 2.67. The molecule has 1 aromatic rings. The number of aromatic nitrogens is 1. The van der Waals surface area contributed by atoms with Crippen LogP contribution in [-0.2, 0) is 4.79 Å². The van der Waals surface area contributed by atoms with Crippen LogP contribution in [0.3, 0.4) is 0 Å². The molecule has 0 aliphatic carbocycles. The molecule has 0 spiro atoms. The number of carbonyl (C=O) groups is 2. The third-order valence-corrected chi connectivity index (χ3v) is 3.12. The zero-order valence-corrected chi connectivity index (χ0v) is 12.8. The first-order chi connectivity index (χ1) is 9.99. The Morgan fingerprint density at radius 2 is 2.19 bits per heavy atom. The van der Waals surface area contributed by atoms with Crippen molar-refractivity contribution in [3.63, 3.8) is 0 Å². The second kappa shape index (κ2) is 8.46. The molecule has 1 heterocycles. The van der Waals surface area contributed by atoms with Crippen LogP contribution in [0.15, 0.2) is 12.3 Å². The van der Waals surface area contributed by atoms with Crippen molar-refractivity contribution in [3.05, 3.63) is 22.8 Å². The maximum atomic E-state index is 12.0. The quantitative estimate of drug-likeness (QED) is 0.769. The standard InChI is InChI=1S/C14H19ClN2O4/c1-3-5-9(14(19)20)7-16-12(18)10-6-11(15)13(17-8-10)21-4-2/h6,8-9H,3-5,7H2,1-2H3,(H,16,18)(H,19,20). The van der Waals surface area contributed by atoms with Crippen molar-refractivity contribution < 1.29 is 19.4 Å². The van der Waals surface area contributed by atoms with Crippen LogP contribution in [-0.4, -0.2) is 35.1 Å². The number of hydrogen-bond acceptors (Lipinski definition) is 4. The Hall–Kier alpha value is -1.82. The number of nitrogens with zero attached hydrogens (tertiary/aromatic N) is 1. The normalized spacial score (nSPS) is 11.8. The highest BCUT2D eigenvalue weighted by Crippen LogP contribution is 2.22. The summed E-state index contributed by atoms with van der Waals surface area (Å²) in [6.45, 7) is 4.20. The van der Waals surface area contributed by atoms with E-state index in [1.165, 1.54) is 12.3 Å². The molecule has 1 rings (SSSR count). The number of halogens is 1. The summed E-state index contributed by atoms with van der Waals surface area (Å²) in [6.07, 6.45) is 2.60. The third kappa shape index (κ3) is 5.23. The average molecular weight is 315 g/mol. The van der Waals surface area contributed by atoms with Gasteiger partial charge < -0.3 is 15.2 Å². The van der Waals surface area contributed by atoms with Crippen molar-refractivity contribution in [3.8, 4) is 5.88 Å². The third-order valence-electron chi connectivity index (χ3n) is 2.85. The summed E-state index contributed by atoms with van der Waals surface area (Å²) in [7, 11) is 0. The number of ether oxygens (including phenoxy) is 1. The first-order valence-corrected chi connectivity index (χ1v) is 7.16. The summed E-state index contributed by atoms with van der Waals surface area (Å²) in [5.74, 6) is -1.65. The van der Waals surface area contributed by atoms with Crippen LogP contribution in [0.4, 0.5) is 0 Å². The highest BCUT2D eigenvalue weighted by Gasteiger charge is 2.18. The highest BCUT2D eigenvalue weighted by molar-refractivity contribution is 6.32. The molecule has 2 N–H and O–H groups in total. The van der Waals surface area contributed by atoms with E-state index in [0.29, 0.717) is 13.0 Å². The van der Waals surface area contributed by atoms with Crippen molar-refractivity contribution in [2.24, 2.45) is 5.92 Å². The van der Waals surface area contributed by atoms with Gasteiger partial charge in [0.25, 0.3) is 5.91 Å². The number of carboxylic acid groups (broad SMARTS) is 1. The summed E-state index contributed by atoms with van der Waals surface area (Å²) in [4.78, 5) is 26.9. The number of hydrogen-bond donors (Lipinski definition) is 2. The van der Waals surface area contributed by atoms with Crippen LogP contribution in [0, 0.1) is 5.92 Å². The lowest BCUT2D eigenvalue weighted by Gasteiger charge is -2.12. The molecule has 1 unspecified atom stereocenters. The molecule has 0 saturated heterocycles. The fourth-order valence-electron chi connectivity index (χ4n) is 1.77. The molecular formula is C14H19ClN2O4. The molecule has 0 aliphatic heterocycles. The molecular weight excluding hydrogens is 296 g/mol. The summed E-state index contributed by atoms with van der Waals surface area (Å²) in [6, 6.07) is 1.45. The summed E-state index contributed by atoms with van der Waals surface area (Å²) in [5.41, 5.74) is 0.268. The molecule has 1 aromatic heterocycles.